The van der Waals surface area contributed by atoms with Gasteiger partial charge in [0.05, 0.1) is 5.41 Å². The molecule has 3 aliphatic heterocycles. The second kappa shape index (κ2) is 6.92. The van der Waals surface area contributed by atoms with Crippen LogP contribution in [0, 0.1) is 5.41 Å². The first kappa shape index (κ1) is 18.5. The summed E-state index contributed by atoms with van der Waals surface area (Å²) in [5.74, 6) is 0.187. The van der Waals surface area contributed by atoms with Gasteiger partial charge in [0.1, 0.15) is 5.69 Å². The van der Waals surface area contributed by atoms with Crippen LogP contribution in [0.25, 0.3) is 0 Å². The Labute approximate surface area is 155 Å². The zero-order valence-corrected chi connectivity index (χ0v) is 15.0. The van der Waals surface area contributed by atoms with Crippen LogP contribution in [-0.2, 0) is 15.7 Å². The van der Waals surface area contributed by atoms with Crippen LogP contribution in [0.2, 0.25) is 0 Å². The fourth-order valence-electron chi connectivity index (χ4n) is 4.53. The molecule has 3 saturated heterocycles. The second-order valence-corrected chi connectivity index (χ2v) is 7.64. The van der Waals surface area contributed by atoms with Crippen molar-refractivity contribution in [1.82, 2.24) is 14.9 Å². The first-order valence-corrected chi connectivity index (χ1v) is 9.43. The number of carbonyl (C=O) groups excluding carboxylic acids is 1. The minimum atomic E-state index is -4.51. The van der Waals surface area contributed by atoms with E-state index in [1.807, 2.05) is 4.90 Å². The molecule has 1 aromatic rings. The van der Waals surface area contributed by atoms with Gasteiger partial charge in [0.2, 0.25) is 11.9 Å². The second-order valence-electron chi connectivity index (χ2n) is 7.64. The number of hydrogen-bond donors (Lipinski definition) is 0. The topological polar surface area (TPSA) is 58.6 Å². The molecule has 0 aliphatic carbocycles. The van der Waals surface area contributed by atoms with Crippen LogP contribution in [0.1, 0.15) is 37.8 Å². The fraction of sp³-hybridized carbons (Fsp3) is 0.722. The van der Waals surface area contributed by atoms with Crippen molar-refractivity contribution >= 4 is 11.9 Å². The molecule has 0 aromatic carbocycles. The van der Waals surface area contributed by atoms with Crippen molar-refractivity contribution in [3.63, 3.8) is 0 Å². The SMILES string of the molecule is O=C1N(C2CCOCC2)CC[C@]12CCCN(c1nccc(C(F)(F)F)n1)C2. The molecule has 148 valence electrons. The molecule has 1 amide bonds. The van der Waals surface area contributed by atoms with Gasteiger partial charge >= 0.3 is 6.18 Å². The number of nitrogens with zero attached hydrogens (tertiary/aromatic N) is 4. The third-order valence-corrected chi connectivity index (χ3v) is 5.97. The van der Waals surface area contributed by atoms with Crippen LogP contribution >= 0.6 is 0 Å². The number of halogens is 3. The van der Waals surface area contributed by atoms with Crippen LogP contribution in [0.4, 0.5) is 19.1 Å². The van der Waals surface area contributed by atoms with E-state index in [0.717, 1.165) is 44.4 Å². The third-order valence-electron chi connectivity index (χ3n) is 5.97. The van der Waals surface area contributed by atoms with E-state index in [2.05, 4.69) is 9.97 Å². The molecule has 0 radical (unpaired) electrons. The Morgan fingerprint density at radius 2 is 1.96 bits per heavy atom. The van der Waals surface area contributed by atoms with E-state index in [9.17, 15) is 18.0 Å². The van der Waals surface area contributed by atoms with Crippen molar-refractivity contribution < 1.29 is 22.7 Å². The summed E-state index contributed by atoms with van der Waals surface area (Å²) in [4.78, 5) is 24.7. The van der Waals surface area contributed by atoms with E-state index >= 15 is 0 Å². The summed E-state index contributed by atoms with van der Waals surface area (Å²) in [7, 11) is 0. The Morgan fingerprint density at radius 1 is 1.19 bits per heavy atom. The average Bonchev–Trinajstić information content (AvgIpc) is 2.98. The molecule has 0 unspecified atom stereocenters. The molecule has 3 aliphatic rings. The summed E-state index contributed by atoms with van der Waals surface area (Å²) in [5.41, 5.74) is -1.48. The molecule has 0 N–H and O–H groups in total. The molecule has 1 spiro atoms. The predicted octanol–water partition coefficient (Wildman–Crippen LogP) is 2.49. The average molecular weight is 384 g/mol. The maximum Gasteiger partial charge on any atom is 0.433 e. The van der Waals surface area contributed by atoms with Crippen LogP contribution in [0.15, 0.2) is 12.3 Å². The summed E-state index contributed by atoms with van der Waals surface area (Å²) in [6.45, 7) is 3.00. The smallest absolute Gasteiger partial charge is 0.381 e. The predicted molar refractivity (Wildman–Crippen MR) is 91.1 cm³/mol. The Balaban J connectivity index is 1.52. The Morgan fingerprint density at radius 3 is 2.70 bits per heavy atom. The van der Waals surface area contributed by atoms with E-state index in [-0.39, 0.29) is 17.9 Å². The normalized spacial score (nSPS) is 27.6. The molecule has 3 fully saturated rings. The number of hydrogen-bond acceptors (Lipinski definition) is 5. The van der Waals surface area contributed by atoms with Gasteiger partial charge in [-0.3, -0.25) is 4.79 Å². The highest BCUT2D eigenvalue weighted by Gasteiger charge is 2.51. The highest BCUT2D eigenvalue weighted by atomic mass is 19.4. The van der Waals surface area contributed by atoms with Crippen LogP contribution in [-0.4, -0.2) is 59.7 Å². The summed E-state index contributed by atoms with van der Waals surface area (Å²) >= 11 is 0. The Bertz CT molecular complexity index is 708. The zero-order chi connectivity index (χ0) is 19.1. The van der Waals surface area contributed by atoms with Gasteiger partial charge in [0.15, 0.2) is 0 Å². The number of rotatable bonds is 2. The van der Waals surface area contributed by atoms with Gasteiger partial charge in [-0.25, -0.2) is 9.97 Å². The monoisotopic (exact) mass is 384 g/mol. The Kier molecular flexibility index (Phi) is 4.73. The van der Waals surface area contributed by atoms with E-state index < -0.39 is 17.3 Å². The van der Waals surface area contributed by atoms with Gasteiger partial charge < -0.3 is 14.5 Å². The van der Waals surface area contributed by atoms with Gasteiger partial charge in [-0.05, 0) is 38.2 Å². The molecule has 1 atom stereocenters. The van der Waals surface area contributed by atoms with E-state index in [1.54, 1.807) is 4.90 Å². The van der Waals surface area contributed by atoms with E-state index in [0.29, 0.717) is 32.8 Å². The summed E-state index contributed by atoms with van der Waals surface area (Å²) in [6, 6.07) is 1.09. The van der Waals surface area contributed by atoms with Gasteiger partial charge in [0.25, 0.3) is 0 Å². The van der Waals surface area contributed by atoms with Crippen molar-refractivity contribution in [1.29, 1.82) is 0 Å². The van der Waals surface area contributed by atoms with Crippen LogP contribution in [0.5, 0.6) is 0 Å². The number of amides is 1. The maximum atomic E-state index is 13.2. The number of piperidine rings is 1. The van der Waals surface area contributed by atoms with E-state index in [4.69, 9.17) is 4.74 Å². The van der Waals surface area contributed by atoms with Gasteiger partial charge in [0, 0.05) is 45.1 Å². The molecule has 1 aromatic heterocycles. The molecule has 4 heterocycles. The van der Waals surface area contributed by atoms with Gasteiger partial charge in [-0.1, -0.05) is 0 Å². The summed E-state index contributed by atoms with van der Waals surface area (Å²) in [6.07, 6.45) is 0.572. The number of carbonyl (C=O) groups is 1. The quantitative estimate of drug-likeness (QED) is 0.784. The van der Waals surface area contributed by atoms with Crippen LogP contribution < -0.4 is 4.90 Å². The van der Waals surface area contributed by atoms with Crippen molar-refractivity contribution in [2.45, 2.75) is 44.3 Å². The molecular weight excluding hydrogens is 361 g/mol. The lowest BCUT2D eigenvalue weighted by molar-refractivity contribution is -0.141. The molecule has 0 bridgehead atoms. The van der Waals surface area contributed by atoms with Crippen molar-refractivity contribution in [3.05, 3.63) is 18.0 Å². The number of ether oxygens (including phenoxy) is 1. The highest BCUT2D eigenvalue weighted by molar-refractivity contribution is 5.86. The molecule has 4 rings (SSSR count). The Hall–Kier alpha value is -1.90. The molecule has 27 heavy (non-hydrogen) atoms. The minimum Gasteiger partial charge on any atom is -0.381 e. The van der Waals surface area contributed by atoms with Gasteiger partial charge in [-0.15, -0.1) is 0 Å². The lowest BCUT2D eigenvalue weighted by atomic mass is 9.78. The lowest BCUT2D eigenvalue weighted by Crippen LogP contribution is -2.50. The fourth-order valence-corrected chi connectivity index (χ4v) is 4.53. The highest BCUT2D eigenvalue weighted by Crippen LogP contribution is 2.42. The number of anilines is 1. The summed E-state index contributed by atoms with van der Waals surface area (Å²) < 4.78 is 44.3. The standard InChI is InChI=1S/C18H23F3N4O2/c19-18(20,21)14-2-7-22-16(23-14)24-8-1-5-17(12-24)6-9-25(15(17)26)13-3-10-27-11-4-13/h2,7,13H,1,3-6,8-12H2/t17-/m0/s1. The summed E-state index contributed by atoms with van der Waals surface area (Å²) in [5, 5.41) is 0. The molecular formula is C18H23F3N4O2. The maximum absolute atomic E-state index is 13.2. The van der Waals surface area contributed by atoms with Crippen molar-refractivity contribution in [2.24, 2.45) is 5.41 Å². The lowest BCUT2D eigenvalue weighted by Gasteiger charge is -2.40. The first-order chi connectivity index (χ1) is 12.9. The van der Waals surface area contributed by atoms with E-state index in [1.165, 1.54) is 0 Å². The minimum absolute atomic E-state index is 0.0567. The third kappa shape index (κ3) is 3.49. The molecule has 6 nitrogen and oxygen atoms in total. The number of aromatic nitrogens is 2. The number of likely N-dealkylation sites (tertiary alicyclic amines) is 1. The van der Waals surface area contributed by atoms with Gasteiger partial charge in [-0.2, -0.15) is 13.2 Å². The zero-order valence-electron chi connectivity index (χ0n) is 15.0. The van der Waals surface area contributed by atoms with Crippen molar-refractivity contribution in [2.75, 3.05) is 37.7 Å². The van der Waals surface area contributed by atoms with Crippen molar-refractivity contribution in [3.8, 4) is 0 Å². The largest absolute Gasteiger partial charge is 0.433 e. The molecule has 9 heteroatoms. The number of alkyl halides is 3. The van der Waals surface area contributed by atoms with Crippen LogP contribution in [0.3, 0.4) is 0 Å². The first-order valence-electron chi connectivity index (χ1n) is 9.43. The molecule has 0 saturated carbocycles.